The van der Waals surface area contributed by atoms with E-state index in [2.05, 4.69) is 199 Å². The normalized spacial score (nSPS) is 18.3. The highest BCUT2D eigenvalue weighted by atomic mass is 32.1. The van der Waals surface area contributed by atoms with Gasteiger partial charge in [-0.05, 0) is 140 Å². The van der Waals surface area contributed by atoms with Gasteiger partial charge in [-0.3, -0.25) is 0 Å². The van der Waals surface area contributed by atoms with Crippen LogP contribution in [0.15, 0.2) is 97.1 Å². The number of nitrogens with zero attached hydrogens (tertiary/aromatic N) is 2. The van der Waals surface area contributed by atoms with E-state index in [0.717, 1.165) is 12.8 Å². The van der Waals surface area contributed by atoms with Crippen molar-refractivity contribution < 1.29 is 0 Å². The Kier molecular flexibility index (Phi) is 8.56. The first kappa shape index (κ1) is 40.0. The summed E-state index contributed by atoms with van der Waals surface area (Å²) in [5.41, 5.74) is 21.5. The van der Waals surface area contributed by atoms with E-state index in [1.54, 1.807) is 10.4 Å². The quantitative estimate of drug-likeness (QED) is 0.163. The summed E-state index contributed by atoms with van der Waals surface area (Å²) in [5.74, 6) is 0.552. The maximum atomic E-state index is 2.75. The van der Waals surface area contributed by atoms with Crippen LogP contribution >= 0.6 is 22.7 Å². The molecule has 0 spiro atoms. The third-order valence-electron chi connectivity index (χ3n) is 15.7. The maximum absolute atomic E-state index is 2.75. The molecular formula is C58H61BN2S2. The third-order valence-corrected chi connectivity index (χ3v) is 18.6. The van der Waals surface area contributed by atoms with Crippen molar-refractivity contribution >= 4 is 89.3 Å². The molecule has 2 aromatic heterocycles. The van der Waals surface area contributed by atoms with Crippen molar-refractivity contribution in [2.24, 2.45) is 5.41 Å². The van der Waals surface area contributed by atoms with Crippen LogP contribution in [0.25, 0.3) is 21.2 Å². The van der Waals surface area contributed by atoms with Crippen LogP contribution in [0.5, 0.6) is 0 Å². The fraction of sp³-hybridized carbons (Fsp3) is 0.379. The minimum Gasteiger partial charge on any atom is -0.311 e. The van der Waals surface area contributed by atoms with E-state index in [-0.39, 0.29) is 23.0 Å². The topological polar surface area (TPSA) is 6.48 Å². The fourth-order valence-corrected chi connectivity index (χ4v) is 15.6. The number of rotatable bonds is 3. The molecule has 5 aromatic carbocycles. The predicted octanol–water partition coefficient (Wildman–Crippen LogP) is 15.1. The minimum absolute atomic E-state index is 0.0671. The molecule has 0 N–H and O–H groups in total. The Hall–Kier alpha value is -4.58. The van der Waals surface area contributed by atoms with E-state index in [1.165, 1.54) is 130 Å². The van der Waals surface area contributed by atoms with Crippen molar-refractivity contribution in [3.63, 3.8) is 0 Å². The summed E-state index contributed by atoms with van der Waals surface area (Å²) in [6, 6.07) is 39.0. The molecule has 3 aliphatic carbocycles. The predicted molar refractivity (Wildman–Crippen MR) is 276 cm³/mol. The zero-order valence-corrected chi connectivity index (χ0v) is 40.7. The minimum atomic E-state index is -0.0992. The highest BCUT2D eigenvalue weighted by molar-refractivity contribution is 7.31. The van der Waals surface area contributed by atoms with Crippen LogP contribution in [0, 0.1) is 5.41 Å². The summed E-state index contributed by atoms with van der Waals surface area (Å²) in [6.45, 7) is 24.0. The highest BCUT2D eigenvalue weighted by Crippen LogP contribution is 2.59. The average molecular weight is 861 g/mol. The van der Waals surface area contributed by atoms with Crippen molar-refractivity contribution in [3.8, 4) is 11.1 Å². The van der Waals surface area contributed by atoms with Gasteiger partial charge in [-0.2, -0.15) is 11.3 Å². The molecular weight excluding hydrogens is 800 g/mol. The van der Waals surface area contributed by atoms with Gasteiger partial charge in [0.15, 0.2) is 0 Å². The van der Waals surface area contributed by atoms with Crippen molar-refractivity contribution in [3.05, 3.63) is 135 Å². The first-order valence-electron chi connectivity index (χ1n) is 23.8. The van der Waals surface area contributed by atoms with Crippen molar-refractivity contribution in [1.29, 1.82) is 0 Å². The Morgan fingerprint density at radius 1 is 0.635 bits per heavy atom. The van der Waals surface area contributed by atoms with E-state index in [4.69, 9.17) is 0 Å². The number of benzene rings is 5. The fourth-order valence-electron chi connectivity index (χ4n) is 12.4. The van der Waals surface area contributed by atoms with Gasteiger partial charge in [-0.25, -0.2) is 0 Å². The standard InChI is InChI=1S/C58H61BN2S2/c1-55(2,3)36-20-24-38(25-21-36)60-44-29-28-40-42-32-57(7,8)33-47(42)62-52(40)50(44)59-49-45(60)30-35(34-16-12-11-13-17-34)31-46(49)61(39-26-22-37(23-27-39)56(4,5)6)51-48-41-18-14-15-19-43(41)58(9,10)53(48)63-54(51)59/h14-15,18-31,34H,11-13,16-17,32-33H2,1-10H3. The largest absolute Gasteiger partial charge is 0.311 e. The SMILES string of the molecule is CC1(C)Cc2sc3c4c(ccc3c2C1)N(c1ccc(C(C)(C)C)cc1)c1cc(C2CCCCC2)cc2c1B4c1sc3c(c1N2c1ccc(C(C)(C)C)cc1)-c1ccccc1C3(C)C. The molecule has 0 saturated heterocycles. The van der Waals surface area contributed by atoms with Crippen LogP contribution in [-0.2, 0) is 29.1 Å². The second kappa shape index (κ2) is 13.5. The molecule has 0 radical (unpaired) electrons. The molecule has 5 aliphatic rings. The molecule has 2 aliphatic heterocycles. The number of anilines is 6. The van der Waals surface area contributed by atoms with Crippen molar-refractivity contribution in [2.45, 2.75) is 136 Å². The van der Waals surface area contributed by atoms with Crippen LogP contribution in [-0.4, -0.2) is 6.71 Å². The van der Waals surface area contributed by atoms with Gasteiger partial charge in [0.05, 0.1) is 5.69 Å². The van der Waals surface area contributed by atoms with Crippen molar-refractivity contribution in [2.75, 3.05) is 9.80 Å². The third kappa shape index (κ3) is 5.87. The monoisotopic (exact) mass is 860 g/mol. The molecule has 0 atom stereocenters. The van der Waals surface area contributed by atoms with Gasteiger partial charge in [0.25, 0.3) is 6.71 Å². The number of fused-ring (bicyclic) bond motifs is 12. The zero-order chi connectivity index (χ0) is 43.5. The first-order valence-corrected chi connectivity index (χ1v) is 25.5. The smallest absolute Gasteiger partial charge is 0.266 e. The molecule has 1 saturated carbocycles. The van der Waals surface area contributed by atoms with Gasteiger partial charge >= 0.3 is 0 Å². The van der Waals surface area contributed by atoms with E-state index >= 15 is 0 Å². The summed E-state index contributed by atoms with van der Waals surface area (Å²) in [5, 5.41) is 1.49. The second-order valence-electron chi connectivity index (χ2n) is 23.1. The Morgan fingerprint density at radius 3 is 1.90 bits per heavy atom. The van der Waals surface area contributed by atoms with Gasteiger partial charge in [0.1, 0.15) is 0 Å². The highest BCUT2D eigenvalue weighted by Gasteiger charge is 2.51. The molecule has 0 unspecified atom stereocenters. The van der Waals surface area contributed by atoms with Crippen LogP contribution in [0.1, 0.15) is 145 Å². The lowest BCUT2D eigenvalue weighted by molar-refractivity contribution is 0.394. The summed E-state index contributed by atoms with van der Waals surface area (Å²) in [6.07, 6.45) is 8.80. The molecule has 318 valence electrons. The number of hydrogen-bond acceptors (Lipinski definition) is 4. The summed E-state index contributed by atoms with van der Waals surface area (Å²) < 4.78 is 3.01. The van der Waals surface area contributed by atoms with Crippen LogP contribution < -0.4 is 25.5 Å². The van der Waals surface area contributed by atoms with Gasteiger partial charge in [0, 0.05) is 58.6 Å². The molecule has 0 amide bonds. The molecule has 4 heterocycles. The Morgan fingerprint density at radius 2 is 1.25 bits per heavy atom. The molecule has 0 bridgehead atoms. The molecule has 2 nitrogen and oxygen atoms in total. The molecule has 1 fully saturated rings. The van der Waals surface area contributed by atoms with Gasteiger partial charge in [-0.1, -0.05) is 143 Å². The average Bonchev–Trinajstić information content (AvgIpc) is 3.96. The zero-order valence-electron chi connectivity index (χ0n) is 39.1. The molecule has 12 rings (SSSR count). The number of thiophene rings is 2. The van der Waals surface area contributed by atoms with Crippen molar-refractivity contribution in [1.82, 2.24) is 0 Å². The Bertz CT molecular complexity index is 3010. The van der Waals surface area contributed by atoms with Crippen LogP contribution in [0.2, 0.25) is 0 Å². The van der Waals surface area contributed by atoms with Crippen LogP contribution in [0.3, 0.4) is 0 Å². The van der Waals surface area contributed by atoms with E-state index < -0.39 is 0 Å². The lowest BCUT2D eigenvalue weighted by atomic mass is 9.36. The van der Waals surface area contributed by atoms with E-state index in [9.17, 15) is 0 Å². The Labute approximate surface area is 384 Å². The lowest BCUT2D eigenvalue weighted by Crippen LogP contribution is -2.60. The second-order valence-corrected chi connectivity index (χ2v) is 25.2. The number of hydrogen-bond donors (Lipinski definition) is 0. The molecule has 5 heteroatoms. The van der Waals surface area contributed by atoms with E-state index in [0.29, 0.717) is 11.3 Å². The molecule has 63 heavy (non-hydrogen) atoms. The van der Waals surface area contributed by atoms with E-state index in [1.807, 2.05) is 0 Å². The summed E-state index contributed by atoms with van der Waals surface area (Å²) in [4.78, 5) is 8.56. The van der Waals surface area contributed by atoms with Crippen LogP contribution in [0.4, 0.5) is 34.1 Å². The lowest BCUT2D eigenvalue weighted by Gasteiger charge is -2.44. The van der Waals surface area contributed by atoms with Gasteiger partial charge in [-0.15, -0.1) is 11.3 Å². The Balaban J connectivity index is 1.21. The molecule has 7 aromatic rings. The van der Waals surface area contributed by atoms with Gasteiger partial charge in [0.2, 0.25) is 0 Å². The maximum Gasteiger partial charge on any atom is 0.266 e. The van der Waals surface area contributed by atoms with Gasteiger partial charge < -0.3 is 9.80 Å². The summed E-state index contributed by atoms with van der Waals surface area (Å²) >= 11 is 4.23. The summed E-state index contributed by atoms with van der Waals surface area (Å²) in [7, 11) is 0. The first-order chi connectivity index (χ1) is 30.0.